The molecule has 1 aromatic carbocycles. The van der Waals surface area contributed by atoms with E-state index < -0.39 is 76.5 Å². The van der Waals surface area contributed by atoms with Gasteiger partial charge in [-0.3, -0.25) is 24.0 Å². The van der Waals surface area contributed by atoms with Gasteiger partial charge < -0.3 is 35.8 Å². The van der Waals surface area contributed by atoms with E-state index in [9.17, 15) is 28.8 Å². The van der Waals surface area contributed by atoms with Crippen LogP contribution in [0.5, 0.6) is 0 Å². The molecule has 14 heteroatoms. The van der Waals surface area contributed by atoms with Crippen molar-refractivity contribution in [3.05, 3.63) is 35.4 Å². The quantitative estimate of drug-likeness (QED) is 0.200. The normalized spacial score (nSPS) is 24.1. The maximum absolute atomic E-state index is 15.2. The lowest BCUT2D eigenvalue weighted by molar-refractivity contribution is -0.144. The van der Waals surface area contributed by atoms with Crippen LogP contribution in [0.3, 0.4) is 0 Å². The molecule has 61 heavy (non-hydrogen) atoms. The number of benzene rings is 1. The summed E-state index contributed by atoms with van der Waals surface area (Å²) in [5.41, 5.74) is 6.51. The fourth-order valence-corrected chi connectivity index (χ4v) is 10.1. The number of Topliss-reactive ketones (excluding diaryl/α,β-unsaturated/α-hetero) is 2. The van der Waals surface area contributed by atoms with E-state index in [1.807, 2.05) is 56.9 Å². The first-order valence-electron chi connectivity index (χ1n) is 22.8. The van der Waals surface area contributed by atoms with Gasteiger partial charge >= 0.3 is 12.1 Å². The number of primary amides is 1. The number of rotatable bonds is 14. The van der Waals surface area contributed by atoms with Crippen molar-refractivity contribution in [2.24, 2.45) is 33.8 Å². The Bertz CT molecular complexity index is 1830. The topological polar surface area (TPSA) is 189 Å². The van der Waals surface area contributed by atoms with E-state index in [1.54, 1.807) is 4.90 Å². The van der Waals surface area contributed by atoms with Crippen LogP contribution in [0.4, 0.5) is 9.59 Å². The lowest BCUT2D eigenvalue weighted by atomic mass is 9.70. The molecular formula is C47H70N6O8. The molecule has 2 saturated heterocycles. The molecule has 14 nitrogen and oxygen atoms in total. The molecule has 6 rings (SSSR count). The lowest BCUT2D eigenvalue weighted by Crippen LogP contribution is -2.62. The van der Waals surface area contributed by atoms with Gasteiger partial charge in [-0.25, -0.2) is 9.59 Å². The Hall–Kier alpha value is -4.49. The third-order valence-electron chi connectivity index (χ3n) is 14.5. The van der Waals surface area contributed by atoms with Crippen molar-refractivity contribution in [2.45, 2.75) is 162 Å². The molecule has 0 radical (unpaired) electrons. The monoisotopic (exact) mass is 847 g/mol. The van der Waals surface area contributed by atoms with Gasteiger partial charge in [0.15, 0.2) is 5.78 Å². The van der Waals surface area contributed by atoms with Crippen molar-refractivity contribution < 1.29 is 38.3 Å². The molecule has 0 aromatic heterocycles. The summed E-state index contributed by atoms with van der Waals surface area (Å²) in [6.45, 7) is 13.9. The Kier molecular flexibility index (Phi) is 14.2. The molecule has 3 aliphatic heterocycles. The highest BCUT2D eigenvalue weighted by molar-refractivity contribution is 6.36. The fraction of sp³-hybridized carbons (Fsp3) is 0.723. The number of hydrogen-bond donors (Lipinski definition) is 3. The first-order chi connectivity index (χ1) is 28.7. The van der Waals surface area contributed by atoms with Crippen molar-refractivity contribution in [1.82, 2.24) is 25.3 Å². The van der Waals surface area contributed by atoms with E-state index in [0.29, 0.717) is 58.3 Å². The SMILES string of the molecule is CC1(C)CCN(C[C@@H](NC(=O)N[C@H](C(=O)N2C[C@H](OC(=O)N3CCc4ccccc4C3)C[C@H]2C(=O)CC(CC2CCC2)C(=O)C(N)=O)C2(C)CCCCC2)C(C)(C)C)C(=O)C1. The molecule has 0 spiro atoms. The number of nitrogens with two attached hydrogens (primary N) is 1. The van der Waals surface area contributed by atoms with E-state index >= 15 is 4.79 Å². The minimum absolute atomic E-state index is 0.0179. The van der Waals surface area contributed by atoms with E-state index in [4.69, 9.17) is 10.5 Å². The zero-order valence-corrected chi connectivity index (χ0v) is 37.4. The van der Waals surface area contributed by atoms with Crippen LogP contribution in [0.25, 0.3) is 0 Å². The Morgan fingerprint density at radius 1 is 0.918 bits per heavy atom. The standard InChI is InChI=1S/C47H70N6O8/c1-45(2,3)37(29-51-22-20-46(4,5)26-38(51)55)49-43(59)50-40(47(6)18-10-7-11-19-47)42(58)53-28-34(61-44(60)52-21-17-31-15-8-9-16-32(31)27-52)25-35(53)36(54)24-33(39(56)41(48)57)23-30-13-12-14-30/h8-9,15-16,30,33-35,37,40H,7,10-14,17-29H2,1-6H3,(H2,48,57)(H2,49,50,59)/t33?,34-,35+,37-,40-/m1/s1. The predicted octanol–water partition coefficient (Wildman–Crippen LogP) is 5.67. The van der Waals surface area contributed by atoms with Crippen LogP contribution < -0.4 is 16.4 Å². The number of carbonyl (C=O) groups excluding carboxylic acids is 7. The molecule has 2 aliphatic carbocycles. The second-order valence-electron chi connectivity index (χ2n) is 20.9. The summed E-state index contributed by atoms with van der Waals surface area (Å²) in [5.74, 6) is -3.40. The Morgan fingerprint density at radius 2 is 1.61 bits per heavy atom. The zero-order valence-electron chi connectivity index (χ0n) is 37.4. The van der Waals surface area contributed by atoms with Crippen LogP contribution >= 0.6 is 0 Å². The summed E-state index contributed by atoms with van der Waals surface area (Å²) in [4.78, 5) is 101. The van der Waals surface area contributed by atoms with Crippen LogP contribution in [-0.4, -0.2) is 107 Å². The number of hydrogen-bond acceptors (Lipinski definition) is 8. The molecule has 5 aliphatic rings. The molecule has 336 valence electrons. The number of nitrogens with zero attached hydrogens (tertiary/aromatic N) is 3. The summed E-state index contributed by atoms with van der Waals surface area (Å²) >= 11 is 0. The smallest absolute Gasteiger partial charge is 0.410 e. The number of nitrogens with one attached hydrogen (secondary N) is 2. The molecule has 3 heterocycles. The molecule has 4 fully saturated rings. The van der Waals surface area contributed by atoms with Gasteiger partial charge in [0.25, 0.3) is 5.91 Å². The summed E-state index contributed by atoms with van der Waals surface area (Å²) in [5, 5.41) is 6.20. The average Bonchev–Trinajstić information content (AvgIpc) is 3.61. The Labute approximate surface area is 361 Å². The van der Waals surface area contributed by atoms with Gasteiger partial charge in [-0.2, -0.15) is 0 Å². The lowest BCUT2D eigenvalue weighted by Gasteiger charge is -2.43. The highest BCUT2D eigenvalue weighted by Gasteiger charge is 2.50. The molecule has 2 saturated carbocycles. The zero-order chi connectivity index (χ0) is 44.3. The number of ether oxygens (including phenoxy) is 1. The number of urea groups is 1. The fourth-order valence-electron chi connectivity index (χ4n) is 10.1. The minimum atomic E-state index is -1.09. The molecule has 1 unspecified atom stereocenters. The van der Waals surface area contributed by atoms with Gasteiger partial charge in [-0.15, -0.1) is 0 Å². The summed E-state index contributed by atoms with van der Waals surface area (Å²) in [7, 11) is 0. The molecule has 1 aromatic rings. The Balaban J connectivity index is 1.24. The average molecular weight is 847 g/mol. The first kappa shape index (κ1) is 46.0. The van der Waals surface area contributed by atoms with E-state index in [-0.39, 0.29) is 36.6 Å². The van der Waals surface area contributed by atoms with Gasteiger partial charge in [0.1, 0.15) is 12.1 Å². The third-order valence-corrected chi connectivity index (χ3v) is 14.5. The summed E-state index contributed by atoms with van der Waals surface area (Å²) in [6, 6.07) is 4.87. The molecular weight excluding hydrogens is 777 g/mol. The van der Waals surface area contributed by atoms with Gasteiger partial charge in [0, 0.05) is 51.4 Å². The highest BCUT2D eigenvalue weighted by Crippen LogP contribution is 2.41. The molecule has 5 atom stereocenters. The van der Waals surface area contributed by atoms with Crippen LogP contribution in [0.15, 0.2) is 24.3 Å². The molecule has 4 N–H and O–H groups in total. The van der Waals surface area contributed by atoms with Crippen molar-refractivity contribution in [3.63, 3.8) is 0 Å². The second kappa shape index (κ2) is 18.9. The highest BCUT2D eigenvalue weighted by atomic mass is 16.6. The van der Waals surface area contributed by atoms with E-state index in [0.717, 1.165) is 50.5 Å². The van der Waals surface area contributed by atoms with Gasteiger partial charge in [-0.1, -0.05) is 104 Å². The van der Waals surface area contributed by atoms with E-state index in [2.05, 4.69) is 24.5 Å². The number of likely N-dealkylation sites (tertiary alicyclic amines) is 2. The first-order valence-corrected chi connectivity index (χ1v) is 22.8. The second-order valence-corrected chi connectivity index (χ2v) is 20.9. The number of carbonyl (C=O) groups is 7. The summed E-state index contributed by atoms with van der Waals surface area (Å²) in [6.07, 6.45) is 7.58. The maximum atomic E-state index is 15.2. The predicted molar refractivity (Wildman–Crippen MR) is 230 cm³/mol. The largest absolute Gasteiger partial charge is 0.444 e. The minimum Gasteiger partial charge on any atom is -0.444 e. The maximum Gasteiger partial charge on any atom is 0.410 e. The van der Waals surface area contributed by atoms with Crippen molar-refractivity contribution in [3.8, 4) is 0 Å². The van der Waals surface area contributed by atoms with Crippen LogP contribution in [0.2, 0.25) is 0 Å². The van der Waals surface area contributed by atoms with Crippen LogP contribution in [0.1, 0.15) is 136 Å². The summed E-state index contributed by atoms with van der Waals surface area (Å²) < 4.78 is 6.09. The van der Waals surface area contributed by atoms with Gasteiger partial charge in [-0.05, 0) is 65.4 Å². The van der Waals surface area contributed by atoms with E-state index in [1.165, 1.54) is 10.5 Å². The van der Waals surface area contributed by atoms with Crippen LogP contribution in [0, 0.1) is 28.1 Å². The van der Waals surface area contributed by atoms with Crippen molar-refractivity contribution >= 4 is 41.4 Å². The van der Waals surface area contributed by atoms with Gasteiger partial charge in [0.2, 0.25) is 17.6 Å². The third kappa shape index (κ3) is 11.3. The Morgan fingerprint density at radius 3 is 2.23 bits per heavy atom. The number of piperidine rings is 1. The van der Waals surface area contributed by atoms with Crippen LogP contribution in [-0.2, 0) is 41.7 Å². The number of amides is 6. The van der Waals surface area contributed by atoms with Crippen molar-refractivity contribution in [2.75, 3.05) is 26.2 Å². The molecule has 6 amide bonds. The van der Waals surface area contributed by atoms with Crippen molar-refractivity contribution in [1.29, 1.82) is 0 Å². The molecule has 0 bridgehead atoms. The number of fused-ring (bicyclic) bond motifs is 1. The number of ketones is 2. The van der Waals surface area contributed by atoms with Gasteiger partial charge in [0.05, 0.1) is 18.6 Å².